The van der Waals surface area contributed by atoms with Crippen molar-refractivity contribution in [1.29, 1.82) is 0 Å². The van der Waals surface area contributed by atoms with E-state index in [0.717, 1.165) is 13.5 Å². The molecule has 2 unspecified atom stereocenters. The number of halogens is 3. The molecular formula is C10H11Br2ClS. The molecule has 0 amide bonds. The van der Waals surface area contributed by atoms with Crippen LogP contribution in [0.3, 0.4) is 0 Å². The van der Waals surface area contributed by atoms with Crippen LogP contribution >= 0.6 is 54.8 Å². The molecule has 2 rings (SSSR count). The average molecular weight is 359 g/mol. The molecule has 1 aliphatic carbocycles. The van der Waals surface area contributed by atoms with Crippen LogP contribution in [0.5, 0.6) is 0 Å². The number of thiophene rings is 1. The van der Waals surface area contributed by atoms with Crippen LogP contribution in [0, 0.1) is 11.8 Å². The molecule has 4 heteroatoms. The monoisotopic (exact) mass is 356 g/mol. The fourth-order valence-electron chi connectivity index (χ4n) is 1.69. The summed E-state index contributed by atoms with van der Waals surface area (Å²) in [5, 5.41) is 0.152. The van der Waals surface area contributed by atoms with Gasteiger partial charge in [0.15, 0.2) is 0 Å². The van der Waals surface area contributed by atoms with Gasteiger partial charge in [0.25, 0.3) is 0 Å². The number of hydrogen-bond acceptors (Lipinski definition) is 1. The Kier molecular flexibility index (Phi) is 3.63. The smallest absolute Gasteiger partial charge is 0.0757 e. The summed E-state index contributed by atoms with van der Waals surface area (Å²) in [5.41, 5.74) is 1.24. The molecule has 78 valence electrons. The van der Waals surface area contributed by atoms with E-state index in [1.54, 1.807) is 11.3 Å². The Morgan fingerprint density at radius 2 is 2.14 bits per heavy atom. The number of alkyl halides is 1. The summed E-state index contributed by atoms with van der Waals surface area (Å²) in [6.45, 7) is 2.26. The van der Waals surface area contributed by atoms with E-state index in [4.69, 9.17) is 11.6 Å². The molecule has 1 saturated carbocycles. The molecule has 0 nitrogen and oxygen atoms in total. The van der Waals surface area contributed by atoms with E-state index in [0.29, 0.717) is 5.92 Å². The van der Waals surface area contributed by atoms with Crippen molar-refractivity contribution < 1.29 is 0 Å². The summed E-state index contributed by atoms with van der Waals surface area (Å²) in [5.74, 6) is 1.44. The summed E-state index contributed by atoms with van der Waals surface area (Å²) in [4.78, 5) is 0. The second-order valence-electron chi connectivity index (χ2n) is 3.88. The van der Waals surface area contributed by atoms with E-state index in [9.17, 15) is 0 Å². The van der Waals surface area contributed by atoms with Gasteiger partial charge in [-0.05, 0) is 68.2 Å². The zero-order valence-electron chi connectivity index (χ0n) is 7.77. The zero-order chi connectivity index (χ0) is 10.3. The summed E-state index contributed by atoms with van der Waals surface area (Å²) in [6, 6.07) is 2.13. The van der Waals surface area contributed by atoms with Crippen molar-refractivity contribution in [3.8, 4) is 0 Å². The quantitative estimate of drug-likeness (QED) is 0.617. The maximum atomic E-state index is 6.47. The first-order valence-corrected chi connectivity index (χ1v) is 7.52. The maximum Gasteiger partial charge on any atom is 0.0757 e. The normalized spacial score (nSPS) is 20.9. The van der Waals surface area contributed by atoms with E-state index in [1.165, 1.54) is 18.4 Å². The van der Waals surface area contributed by atoms with Crippen molar-refractivity contribution in [3.63, 3.8) is 0 Å². The van der Waals surface area contributed by atoms with Gasteiger partial charge in [-0.2, -0.15) is 0 Å². The maximum absolute atomic E-state index is 6.47. The Morgan fingerprint density at radius 3 is 2.57 bits per heavy atom. The van der Waals surface area contributed by atoms with Crippen LogP contribution in [0.15, 0.2) is 13.6 Å². The van der Waals surface area contributed by atoms with E-state index in [2.05, 4.69) is 44.8 Å². The summed E-state index contributed by atoms with van der Waals surface area (Å²) < 4.78 is 2.31. The van der Waals surface area contributed by atoms with E-state index in [1.807, 2.05) is 0 Å². The third kappa shape index (κ3) is 2.37. The molecule has 2 atom stereocenters. The molecule has 1 heterocycles. The number of hydrogen-bond donors (Lipinski definition) is 0. The van der Waals surface area contributed by atoms with Crippen LogP contribution in [0.2, 0.25) is 0 Å². The minimum absolute atomic E-state index is 0.152. The highest BCUT2D eigenvalue weighted by atomic mass is 79.9. The van der Waals surface area contributed by atoms with Gasteiger partial charge in [-0.3, -0.25) is 0 Å². The van der Waals surface area contributed by atoms with Gasteiger partial charge in [0, 0.05) is 0 Å². The van der Waals surface area contributed by atoms with E-state index < -0.39 is 0 Å². The molecular weight excluding hydrogens is 347 g/mol. The first-order chi connectivity index (χ1) is 6.59. The second-order valence-corrected chi connectivity index (χ2v) is 8.10. The lowest BCUT2D eigenvalue weighted by atomic mass is 9.98. The van der Waals surface area contributed by atoms with Crippen molar-refractivity contribution in [1.82, 2.24) is 0 Å². The Labute approximate surface area is 110 Å². The Hall–Kier alpha value is 0.950. The standard InChI is InChI=1S/C10H11Br2ClS/c1-5(6-2-3-6)9(13)7-4-8(11)14-10(7)12/h4-6,9H,2-3H2,1H3. The Balaban J connectivity index is 2.16. The van der Waals surface area contributed by atoms with Crippen molar-refractivity contribution >= 4 is 54.8 Å². The highest BCUT2D eigenvalue weighted by molar-refractivity contribution is 9.12. The van der Waals surface area contributed by atoms with Crippen LogP contribution in [0.25, 0.3) is 0 Å². The minimum Gasteiger partial charge on any atom is -0.121 e. The fourth-order valence-corrected chi connectivity index (χ4v) is 5.19. The zero-order valence-corrected chi connectivity index (χ0v) is 12.5. The van der Waals surface area contributed by atoms with Gasteiger partial charge in [-0.15, -0.1) is 22.9 Å². The summed E-state index contributed by atoms with van der Waals surface area (Å²) in [7, 11) is 0. The largest absolute Gasteiger partial charge is 0.121 e. The van der Waals surface area contributed by atoms with Gasteiger partial charge in [-0.25, -0.2) is 0 Å². The highest BCUT2D eigenvalue weighted by Gasteiger charge is 2.34. The highest BCUT2D eigenvalue weighted by Crippen LogP contribution is 2.48. The lowest BCUT2D eigenvalue weighted by Gasteiger charge is -2.16. The second kappa shape index (κ2) is 4.44. The van der Waals surface area contributed by atoms with Gasteiger partial charge >= 0.3 is 0 Å². The van der Waals surface area contributed by atoms with Crippen LogP contribution in [0.4, 0.5) is 0 Å². The third-order valence-electron chi connectivity index (χ3n) is 2.81. The van der Waals surface area contributed by atoms with Gasteiger partial charge < -0.3 is 0 Å². The molecule has 0 aliphatic heterocycles. The molecule has 0 aromatic carbocycles. The van der Waals surface area contributed by atoms with E-state index in [-0.39, 0.29) is 5.38 Å². The first kappa shape index (κ1) is 11.4. The topological polar surface area (TPSA) is 0 Å². The lowest BCUT2D eigenvalue weighted by molar-refractivity contribution is 0.491. The fraction of sp³-hybridized carbons (Fsp3) is 0.600. The van der Waals surface area contributed by atoms with E-state index >= 15 is 0 Å². The van der Waals surface area contributed by atoms with Crippen molar-refractivity contribution in [3.05, 3.63) is 19.2 Å². The third-order valence-corrected chi connectivity index (χ3v) is 5.83. The van der Waals surface area contributed by atoms with Crippen molar-refractivity contribution in [2.24, 2.45) is 11.8 Å². The van der Waals surface area contributed by atoms with Crippen molar-refractivity contribution in [2.75, 3.05) is 0 Å². The predicted octanol–water partition coefficient (Wildman–Crippen LogP) is 5.60. The number of rotatable bonds is 3. The molecule has 14 heavy (non-hydrogen) atoms. The molecule has 1 aromatic heterocycles. The van der Waals surface area contributed by atoms with Crippen molar-refractivity contribution in [2.45, 2.75) is 25.1 Å². The minimum atomic E-state index is 0.152. The van der Waals surface area contributed by atoms with Gasteiger partial charge in [0.1, 0.15) is 0 Å². The lowest BCUT2D eigenvalue weighted by Crippen LogP contribution is -2.05. The van der Waals surface area contributed by atoms with Gasteiger partial charge in [0.2, 0.25) is 0 Å². The molecule has 0 bridgehead atoms. The Morgan fingerprint density at radius 1 is 1.50 bits per heavy atom. The Bertz CT molecular complexity index is 333. The van der Waals surface area contributed by atoms with Crippen LogP contribution in [-0.4, -0.2) is 0 Å². The molecule has 0 N–H and O–H groups in total. The van der Waals surface area contributed by atoms with Crippen LogP contribution < -0.4 is 0 Å². The summed E-state index contributed by atoms with van der Waals surface area (Å²) >= 11 is 15.2. The molecule has 1 aliphatic rings. The predicted molar refractivity (Wildman–Crippen MR) is 70.2 cm³/mol. The molecule has 1 fully saturated rings. The molecule has 0 spiro atoms. The first-order valence-electron chi connectivity index (χ1n) is 4.68. The van der Waals surface area contributed by atoms with Gasteiger partial charge in [0.05, 0.1) is 12.9 Å². The molecule has 1 aromatic rings. The SMILES string of the molecule is CC(C1CC1)C(Cl)c1cc(Br)sc1Br. The van der Waals surface area contributed by atoms with Crippen LogP contribution in [0.1, 0.15) is 30.7 Å². The summed E-state index contributed by atoms with van der Waals surface area (Å²) in [6.07, 6.45) is 2.71. The van der Waals surface area contributed by atoms with Gasteiger partial charge in [-0.1, -0.05) is 6.92 Å². The molecule has 0 saturated heterocycles. The molecule has 0 radical (unpaired) electrons. The average Bonchev–Trinajstić information content (AvgIpc) is 2.90. The van der Waals surface area contributed by atoms with Crippen LogP contribution in [-0.2, 0) is 0 Å².